The minimum absolute atomic E-state index is 0.0809. The molecule has 0 aromatic heterocycles. The Morgan fingerprint density at radius 2 is 2.21 bits per heavy atom. The maximum absolute atomic E-state index is 10.6. The van der Waals surface area contributed by atoms with Gasteiger partial charge >= 0.3 is 5.97 Å². The van der Waals surface area contributed by atoms with Crippen LogP contribution in [0.1, 0.15) is 57.8 Å². The first kappa shape index (κ1) is 17.9. The highest BCUT2D eigenvalue weighted by Gasteiger charge is 2.47. The molecule has 0 amide bonds. The summed E-state index contributed by atoms with van der Waals surface area (Å²) < 4.78 is 11.9. The Balaban J connectivity index is 1.49. The number of rotatable bonds is 7. The molecule has 2 N–H and O–H groups in total. The predicted octanol–water partition coefficient (Wildman–Crippen LogP) is 3.12. The van der Waals surface area contributed by atoms with E-state index in [1.165, 1.54) is 5.57 Å². The molecule has 1 heterocycles. The average Bonchev–Trinajstić information content (AvgIpc) is 3.09. The Hall–Kier alpha value is -0.910. The molecule has 1 saturated heterocycles. The molecule has 5 heteroatoms. The minimum atomic E-state index is -0.720. The van der Waals surface area contributed by atoms with E-state index in [0.29, 0.717) is 18.3 Å². The summed E-state index contributed by atoms with van der Waals surface area (Å²) in [5.41, 5.74) is 1.45. The van der Waals surface area contributed by atoms with Crippen LogP contribution in [0.3, 0.4) is 0 Å². The molecule has 5 atom stereocenters. The van der Waals surface area contributed by atoms with Crippen molar-refractivity contribution in [3.05, 3.63) is 11.6 Å². The van der Waals surface area contributed by atoms with Gasteiger partial charge in [-0.1, -0.05) is 11.6 Å². The quantitative estimate of drug-likeness (QED) is 0.551. The summed E-state index contributed by atoms with van der Waals surface area (Å²) >= 11 is 0. The number of ether oxygens (including phenoxy) is 2. The number of fused-ring (bicyclic) bond motifs is 1. The van der Waals surface area contributed by atoms with E-state index < -0.39 is 5.97 Å². The number of hydrogen-bond donors (Lipinski definition) is 2. The van der Waals surface area contributed by atoms with Crippen molar-refractivity contribution in [2.75, 3.05) is 13.2 Å². The predicted molar refractivity (Wildman–Crippen MR) is 89.4 cm³/mol. The van der Waals surface area contributed by atoms with Gasteiger partial charge in [0.2, 0.25) is 0 Å². The Labute approximate surface area is 144 Å². The Morgan fingerprint density at radius 1 is 1.33 bits per heavy atom. The third-order valence-corrected chi connectivity index (χ3v) is 5.89. The van der Waals surface area contributed by atoms with Crippen molar-refractivity contribution < 1.29 is 24.5 Å². The van der Waals surface area contributed by atoms with Gasteiger partial charge in [-0.05, 0) is 63.2 Å². The van der Waals surface area contributed by atoms with Gasteiger partial charge in [0.25, 0.3) is 0 Å². The maximum Gasteiger partial charge on any atom is 0.303 e. The van der Waals surface area contributed by atoms with Crippen molar-refractivity contribution >= 4 is 5.97 Å². The van der Waals surface area contributed by atoms with Crippen LogP contribution in [0.4, 0.5) is 0 Å². The van der Waals surface area contributed by atoms with Gasteiger partial charge in [0.15, 0.2) is 6.29 Å². The Bertz CT molecular complexity index is 455. The molecule has 136 valence electrons. The van der Waals surface area contributed by atoms with E-state index in [9.17, 15) is 9.90 Å². The van der Waals surface area contributed by atoms with Crippen molar-refractivity contribution in [3.63, 3.8) is 0 Å². The lowest BCUT2D eigenvalue weighted by Gasteiger charge is -2.29. The summed E-state index contributed by atoms with van der Waals surface area (Å²) in [6.45, 7) is 0.974. The van der Waals surface area contributed by atoms with Gasteiger partial charge in [0, 0.05) is 25.6 Å². The van der Waals surface area contributed by atoms with Crippen molar-refractivity contribution in [2.45, 2.75) is 70.2 Å². The molecule has 0 radical (unpaired) electrons. The lowest BCUT2D eigenvalue weighted by atomic mass is 9.92. The summed E-state index contributed by atoms with van der Waals surface area (Å²) in [6.07, 6.45) is 10.5. The summed E-state index contributed by atoms with van der Waals surface area (Å²) in [5.74, 6) is 0.600. The molecule has 3 fully saturated rings. The highest BCUT2D eigenvalue weighted by Crippen LogP contribution is 2.51. The largest absolute Gasteiger partial charge is 0.481 e. The molecule has 3 rings (SSSR count). The number of unbranched alkanes of at least 4 members (excludes halogenated alkanes) is 1. The number of aliphatic carboxylic acids is 1. The molecule has 0 bridgehead atoms. The van der Waals surface area contributed by atoms with Crippen LogP contribution < -0.4 is 0 Å². The average molecular weight is 338 g/mol. The number of carboxylic acid groups (broad SMARTS) is 1. The fourth-order valence-electron chi connectivity index (χ4n) is 4.70. The summed E-state index contributed by atoms with van der Waals surface area (Å²) in [7, 11) is 0. The van der Waals surface area contributed by atoms with Crippen molar-refractivity contribution in [1.82, 2.24) is 0 Å². The van der Waals surface area contributed by atoms with Gasteiger partial charge in [-0.3, -0.25) is 4.79 Å². The first-order chi connectivity index (χ1) is 11.7. The van der Waals surface area contributed by atoms with Crippen molar-refractivity contribution in [2.24, 2.45) is 17.8 Å². The highest BCUT2D eigenvalue weighted by atomic mass is 16.7. The number of hydrogen-bond acceptors (Lipinski definition) is 4. The monoisotopic (exact) mass is 338 g/mol. The highest BCUT2D eigenvalue weighted by molar-refractivity contribution is 5.66. The van der Waals surface area contributed by atoms with E-state index >= 15 is 0 Å². The van der Waals surface area contributed by atoms with E-state index in [2.05, 4.69) is 6.08 Å². The lowest BCUT2D eigenvalue weighted by molar-refractivity contribution is -0.198. The lowest BCUT2D eigenvalue weighted by Crippen LogP contribution is -2.32. The first-order valence-corrected chi connectivity index (χ1v) is 9.45. The summed E-state index contributed by atoms with van der Waals surface area (Å²) in [6, 6.07) is 0. The second-order valence-corrected chi connectivity index (χ2v) is 7.53. The van der Waals surface area contributed by atoms with Gasteiger partial charge in [0.05, 0.1) is 6.10 Å². The van der Waals surface area contributed by atoms with E-state index in [-0.39, 0.29) is 31.3 Å². The van der Waals surface area contributed by atoms with Crippen LogP contribution in [0.2, 0.25) is 0 Å². The molecule has 2 saturated carbocycles. The van der Waals surface area contributed by atoms with Crippen LogP contribution in [-0.4, -0.2) is 41.8 Å². The molecule has 5 nitrogen and oxygen atoms in total. The zero-order valence-electron chi connectivity index (χ0n) is 14.4. The van der Waals surface area contributed by atoms with E-state index in [1.54, 1.807) is 0 Å². The van der Waals surface area contributed by atoms with Gasteiger partial charge in [-0.2, -0.15) is 0 Å². The van der Waals surface area contributed by atoms with Crippen molar-refractivity contribution in [1.29, 1.82) is 0 Å². The molecular weight excluding hydrogens is 308 g/mol. The van der Waals surface area contributed by atoms with Crippen LogP contribution >= 0.6 is 0 Å². The Kier molecular flexibility index (Phi) is 6.31. The normalized spacial score (nSPS) is 37.7. The fourth-order valence-corrected chi connectivity index (χ4v) is 4.70. The molecule has 24 heavy (non-hydrogen) atoms. The van der Waals surface area contributed by atoms with E-state index in [4.69, 9.17) is 14.6 Å². The number of allylic oxidation sites excluding steroid dienone is 2. The molecular formula is C19H30O5. The summed E-state index contributed by atoms with van der Waals surface area (Å²) in [5, 5.41) is 18.6. The van der Waals surface area contributed by atoms with Crippen molar-refractivity contribution in [3.8, 4) is 0 Å². The van der Waals surface area contributed by atoms with Gasteiger partial charge in [-0.15, -0.1) is 0 Å². The molecule has 1 unspecified atom stereocenters. The molecule has 0 aromatic carbocycles. The smallest absolute Gasteiger partial charge is 0.303 e. The van der Waals surface area contributed by atoms with E-state index in [1.807, 2.05) is 0 Å². The second-order valence-electron chi connectivity index (χ2n) is 7.53. The molecule has 0 aromatic rings. The fraction of sp³-hybridized carbons (Fsp3) is 0.842. The molecule has 1 aliphatic heterocycles. The number of carboxylic acids is 1. The third-order valence-electron chi connectivity index (χ3n) is 5.89. The molecule has 0 spiro atoms. The Morgan fingerprint density at radius 3 is 2.92 bits per heavy atom. The van der Waals surface area contributed by atoms with Crippen LogP contribution in [0.15, 0.2) is 11.6 Å². The third kappa shape index (κ3) is 4.38. The van der Waals surface area contributed by atoms with Gasteiger partial charge in [-0.25, -0.2) is 0 Å². The maximum atomic E-state index is 10.6. The number of aliphatic hydroxyl groups excluding tert-OH is 1. The van der Waals surface area contributed by atoms with Crippen LogP contribution in [0, 0.1) is 17.8 Å². The zero-order chi connectivity index (χ0) is 16.9. The first-order valence-electron chi connectivity index (χ1n) is 9.45. The minimum Gasteiger partial charge on any atom is -0.481 e. The zero-order valence-corrected chi connectivity index (χ0v) is 14.4. The van der Waals surface area contributed by atoms with E-state index in [0.717, 1.165) is 51.6 Å². The van der Waals surface area contributed by atoms with Gasteiger partial charge < -0.3 is 19.7 Å². The van der Waals surface area contributed by atoms with Crippen LogP contribution in [0.5, 0.6) is 0 Å². The van der Waals surface area contributed by atoms with Crippen LogP contribution in [0.25, 0.3) is 0 Å². The second kappa shape index (κ2) is 8.45. The molecule has 2 aliphatic carbocycles. The summed E-state index contributed by atoms with van der Waals surface area (Å²) in [4.78, 5) is 10.6. The standard InChI is InChI=1S/C19H30O5/c20-12-16-15-10-13(5-1-2-6-18(21)22)9-14(15)11-17(16)24-19-7-3-4-8-23-19/h5,14-17,19-20H,1-4,6-12H2,(H,21,22)/b13-5+/t14-,15-,16+,17+,19?/m0/s1. The number of carbonyl (C=O) groups is 1. The van der Waals surface area contributed by atoms with Crippen LogP contribution in [-0.2, 0) is 14.3 Å². The SMILES string of the molecule is O=C(O)CCC/C=C1\C[C@H]2C[C@@H](OC3CCCCO3)[C@H](CO)[C@H]2C1. The van der Waals surface area contributed by atoms with Gasteiger partial charge in [0.1, 0.15) is 0 Å². The molecule has 3 aliphatic rings. The number of aliphatic hydroxyl groups is 1. The topological polar surface area (TPSA) is 76.0 Å².